The minimum Gasteiger partial charge on any atom is -0.379 e. The van der Waals surface area contributed by atoms with Crippen LogP contribution in [0.3, 0.4) is 0 Å². The van der Waals surface area contributed by atoms with E-state index in [0.717, 1.165) is 57.5 Å². The average Bonchev–Trinajstić information content (AvgIpc) is 3.14. The Labute approximate surface area is 201 Å². The summed E-state index contributed by atoms with van der Waals surface area (Å²) in [5.41, 5.74) is 2.47. The van der Waals surface area contributed by atoms with Crippen LogP contribution in [0, 0.1) is 12.8 Å². The largest absolute Gasteiger partial charge is 0.379 e. The van der Waals surface area contributed by atoms with E-state index < -0.39 is 0 Å². The van der Waals surface area contributed by atoms with Crippen molar-refractivity contribution in [1.82, 2.24) is 25.8 Å². The van der Waals surface area contributed by atoms with Crippen LogP contribution in [-0.2, 0) is 4.74 Å². The Morgan fingerprint density at radius 1 is 1.27 bits per heavy atom. The molecule has 0 radical (unpaired) electrons. The maximum Gasteiger partial charge on any atom is 0.263 e. The molecule has 0 aliphatic carbocycles. The second kappa shape index (κ2) is 14.9. The molecule has 0 spiro atoms. The van der Waals surface area contributed by atoms with E-state index in [1.807, 2.05) is 6.92 Å². The van der Waals surface area contributed by atoms with E-state index in [-0.39, 0.29) is 29.9 Å². The van der Waals surface area contributed by atoms with Crippen molar-refractivity contribution < 1.29 is 9.53 Å². The number of hydrogen-bond donors (Lipinski definition) is 3. The first-order valence-electron chi connectivity index (χ1n) is 10.5. The third kappa shape index (κ3) is 9.44. The molecule has 1 aliphatic rings. The van der Waals surface area contributed by atoms with Gasteiger partial charge in [-0.15, -0.1) is 35.3 Å². The van der Waals surface area contributed by atoms with Gasteiger partial charge in [0.05, 0.1) is 31.0 Å². The molecule has 30 heavy (non-hydrogen) atoms. The van der Waals surface area contributed by atoms with Crippen molar-refractivity contribution in [2.45, 2.75) is 40.2 Å². The molecule has 2 heterocycles. The topological polar surface area (TPSA) is 90.9 Å². The number of halogens is 1. The fourth-order valence-electron chi connectivity index (χ4n) is 3.32. The SMILES string of the molecule is CCNC(=NCC(CC(C)C)N1CCOCC1)NCCNC(=O)c1scnc1C.I. The minimum absolute atomic E-state index is 0. The Kier molecular flexibility index (Phi) is 13.5. The molecule has 1 aromatic heterocycles. The summed E-state index contributed by atoms with van der Waals surface area (Å²) >= 11 is 1.37. The summed E-state index contributed by atoms with van der Waals surface area (Å²) in [7, 11) is 0. The van der Waals surface area contributed by atoms with Gasteiger partial charge in [0.1, 0.15) is 4.88 Å². The van der Waals surface area contributed by atoms with E-state index >= 15 is 0 Å². The van der Waals surface area contributed by atoms with Crippen molar-refractivity contribution in [2.75, 3.05) is 52.5 Å². The van der Waals surface area contributed by atoms with Gasteiger partial charge in [-0.1, -0.05) is 13.8 Å². The zero-order valence-electron chi connectivity index (χ0n) is 18.6. The number of thiazole rings is 1. The first kappa shape index (κ1) is 27.1. The van der Waals surface area contributed by atoms with Crippen LogP contribution in [0.4, 0.5) is 0 Å². The molecule has 1 unspecified atom stereocenters. The van der Waals surface area contributed by atoms with Gasteiger partial charge in [0.25, 0.3) is 5.91 Å². The Balaban J connectivity index is 0.00000450. The summed E-state index contributed by atoms with van der Waals surface area (Å²) < 4.78 is 5.50. The first-order chi connectivity index (χ1) is 14.0. The summed E-state index contributed by atoms with van der Waals surface area (Å²) in [5.74, 6) is 1.34. The van der Waals surface area contributed by atoms with Crippen LogP contribution in [0.25, 0.3) is 0 Å². The van der Waals surface area contributed by atoms with Gasteiger partial charge in [-0.25, -0.2) is 4.98 Å². The second-order valence-electron chi connectivity index (χ2n) is 7.60. The highest BCUT2D eigenvalue weighted by atomic mass is 127. The van der Waals surface area contributed by atoms with Crippen molar-refractivity contribution in [3.63, 3.8) is 0 Å². The van der Waals surface area contributed by atoms with Crippen molar-refractivity contribution >= 4 is 47.2 Å². The van der Waals surface area contributed by atoms with Gasteiger partial charge in [-0.2, -0.15) is 0 Å². The zero-order chi connectivity index (χ0) is 21.1. The van der Waals surface area contributed by atoms with Crippen molar-refractivity contribution in [2.24, 2.45) is 10.9 Å². The van der Waals surface area contributed by atoms with Gasteiger partial charge in [-0.05, 0) is 26.2 Å². The third-order valence-electron chi connectivity index (χ3n) is 4.76. The van der Waals surface area contributed by atoms with Crippen LogP contribution in [-0.4, -0.2) is 80.3 Å². The van der Waals surface area contributed by atoms with Gasteiger partial charge in [0.15, 0.2) is 5.96 Å². The number of carbonyl (C=O) groups is 1. The predicted octanol–water partition coefficient (Wildman–Crippen LogP) is 2.10. The molecule has 1 amide bonds. The molecule has 0 bridgehead atoms. The molecule has 0 aromatic carbocycles. The number of rotatable bonds is 10. The predicted molar refractivity (Wildman–Crippen MR) is 134 cm³/mol. The Morgan fingerprint density at radius 3 is 2.57 bits per heavy atom. The summed E-state index contributed by atoms with van der Waals surface area (Å²) in [6.45, 7) is 14.7. The molecule has 1 fully saturated rings. The van der Waals surface area contributed by atoms with E-state index in [4.69, 9.17) is 9.73 Å². The smallest absolute Gasteiger partial charge is 0.263 e. The minimum atomic E-state index is -0.0712. The molecule has 172 valence electrons. The van der Waals surface area contributed by atoms with E-state index in [1.54, 1.807) is 5.51 Å². The number of carbonyl (C=O) groups excluding carboxylic acids is 1. The number of ether oxygens (including phenoxy) is 1. The molecule has 1 aromatic rings. The molecule has 1 aliphatic heterocycles. The lowest BCUT2D eigenvalue weighted by Crippen LogP contribution is -2.47. The highest BCUT2D eigenvalue weighted by Gasteiger charge is 2.21. The van der Waals surface area contributed by atoms with Gasteiger partial charge in [0, 0.05) is 38.8 Å². The van der Waals surface area contributed by atoms with Gasteiger partial charge < -0.3 is 20.7 Å². The summed E-state index contributed by atoms with van der Waals surface area (Å²) in [5, 5.41) is 9.54. The summed E-state index contributed by atoms with van der Waals surface area (Å²) in [6, 6.07) is 0.420. The Hall–Kier alpha value is -0.980. The van der Waals surface area contributed by atoms with Crippen LogP contribution < -0.4 is 16.0 Å². The quantitative estimate of drug-likeness (QED) is 0.178. The summed E-state index contributed by atoms with van der Waals surface area (Å²) in [6.07, 6.45) is 1.12. The Morgan fingerprint density at radius 2 is 1.97 bits per heavy atom. The van der Waals surface area contributed by atoms with Crippen molar-refractivity contribution in [3.05, 3.63) is 16.1 Å². The van der Waals surface area contributed by atoms with Crippen LogP contribution in [0.5, 0.6) is 0 Å². The third-order valence-corrected chi connectivity index (χ3v) is 5.69. The monoisotopic (exact) mass is 552 g/mol. The van der Waals surface area contributed by atoms with Crippen molar-refractivity contribution in [1.29, 1.82) is 0 Å². The number of amides is 1. The zero-order valence-corrected chi connectivity index (χ0v) is 21.7. The van der Waals surface area contributed by atoms with E-state index in [0.29, 0.717) is 29.9 Å². The standard InChI is InChI=1S/C20H36N6O2S.HI/c1-5-21-20(23-7-6-22-19(27)18-16(4)25-14-29-18)24-13-17(12-15(2)3)26-8-10-28-11-9-26;/h14-15,17H,5-13H2,1-4H3,(H,22,27)(H2,21,23,24);1H. The maximum absolute atomic E-state index is 12.2. The van der Waals surface area contributed by atoms with Crippen LogP contribution in [0.1, 0.15) is 42.6 Å². The van der Waals surface area contributed by atoms with Gasteiger partial charge in [-0.3, -0.25) is 14.7 Å². The average molecular weight is 553 g/mol. The molecule has 1 atom stereocenters. The number of hydrogen-bond acceptors (Lipinski definition) is 6. The molecule has 8 nitrogen and oxygen atoms in total. The lowest BCUT2D eigenvalue weighted by atomic mass is 10.0. The molecule has 0 saturated carbocycles. The summed E-state index contributed by atoms with van der Waals surface area (Å²) in [4.78, 5) is 24.3. The fraction of sp³-hybridized carbons (Fsp3) is 0.750. The maximum atomic E-state index is 12.2. The lowest BCUT2D eigenvalue weighted by Gasteiger charge is -2.34. The van der Waals surface area contributed by atoms with Crippen LogP contribution >= 0.6 is 35.3 Å². The van der Waals surface area contributed by atoms with E-state index in [1.165, 1.54) is 11.3 Å². The lowest BCUT2D eigenvalue weighted by molar-refractivity contribution is 0.0143. The highest BCUT2D eigenvalue weighted by Crippen LogP contribution is 2.14. The van der Waals surface area contributed by atoms with Crippen LogP contribution in [0.15, 0.2) is 10.5 Å². The molecular formula is C20H37IN6O2S. The number of guanidine groups is 1. The molecule has 3 N–H and O–H groups in total. The van der Waals surface area contributed by atoms with E-state index in [2.05, 4.69) is 46.6 Å². The Bertz CT molecular complexity index is 649. The second-order valence-corrected chi connectivity index (χ2v) is 8.46. The number of aliphatic imine (C=N–C) groups is 1. The number of morpholine rings is 1. The number of aryl methyl sites for hydroxylation is 1. The molecule has 1 saturated heterocycles. The van der Waals surface area contributed by atoms with Crippen LogP contribution in [0.2, 0.25) is 0 Å². The fourth-order valence-corrected chi connectivity index (χ4v) is 4.04. The molecule has 2 rings (SSSR count). The number of aromatic nitrogens is 1. The number of nitrogens with one attached hydrogen (secondary N) is 3. The van der Waals surface area contributed by atoms with Crippen molar-refractivity contribution in [3.8, 4) is 0 Å². The van der Waals surface area contributed by atoms with Gasteiger partial charge in [0.2, 0.25) is 0 Å². The first-order valence-corrected chi connectivity index (χ1v) is 11.4. The molecule has 10 heteroatoms. The molecular weight excluding hydrogens is 515 g/mol. The van der Waals surface area contributed by atoms with Gasteiger partial charge >= 0.3 is 0 Å². The highest BCUT2D eigenvalue weighted by molar-refractivity contribution is 14.0. The normalized spacial score (nSPS) is 16.1. The van der Waals surface area contributed by atoms with E-state index in [9.17, 15) is 4.79 Å². The number of nitrogens with zero attached hydrogens (tertiary/aromatic N) is 3.